The largest absolute Gasteiger partial charge is 0.328 e. The molecule has 0 aliphatic heterocycles. The molecule has 0 heterocycles. The molecule has 0 bridgehead atoms. The molecule has 1 rings (SSSR count). The molecular weight excluding hydrogens is 116 g/mol. The van der Waals surface area contributed by atoms with E-state index in [9.17, 15) is 4.91 Å². The lowest BCUT2D eigenvalue weighted by Crippen LogP contribution is -2.15. The lowest BCUT2D eigenvalue weighted by molar-refractivity contribution is 0.549. The molecule has 1 fully saturated rings. The fourth-order valence-corrected chi connectivity index (χ4v) is 1.38. The Hall–Kier alpha value is -0.440. The standard InChI is InChI=1S/C6H12N2O/c7-6-2-1-5(3-6)4-8-9/h5-6H,1-4,7H2. The lowest BCUT2D eigenvalue weighted by atomic mass is 10.1. The van der Waals surface area contributed by atoms with Gasteiger partial charge in [-0.05, 0) is 25.2 Å². The molecule has 0 radical (unpaired) electrons. The van der Waals surface area contributed by atoms with Gasteiger partial charge in [-0.2, -0.15) is 4.91 Å². The van der Waals surface area contributed by atoms with Gasteiger partial charge in [0.05, 0.1) is 6.54 Å². The van der Waals surface area contributed by atoms with Crippen LogP contribution in [-0.2, 0) is 0 Å². The first-order valence-corrected chi connectivity index (χ1v) is 3.37. The highest BCUT2D eigenvalue weighted by atomic mass is 16.3. The summed E-state index contributed by atoms with van der Waals surface area (Å²) < 4.78 is 0. The number of hydrogen-bond acceptors (Lipinski definition) is 3. The van der Waals surface area contributed by atoms with E-state index in [4.69, 9.17) is 5.73 Å². The molecule has 0 amide bonds. The molecule has 0 aromatic heterocycles. The van der Waals surface area contributed by atoms with Gasteiger partial charge in [0.25, 0.3) is 0 Å². The molecule has 52 valence electrons. The highest BCUT2D eigenvalue weighted by Gasteiger charge is 2.21. The van der Waals surface area contributed by atoms with Crippen LogP contribution in [0.2, 0.25) is 0 Å². The van der Waals surface area contributed by atoms with E-state index in [1.807, 2.05) is 0 Å². The second-order valence-electron chi connectivity index (χ2n) is 2.75. The maximum atomic E-state index is 9.78. The van der Waals surface area contributed by atoms with E-state index in [-0.39, 0.29) is 0 Å². The van der Waals surface area contributed by atoms with Crippen molar-refractivity contribution in [2.75, 3.05) is 6.54 Å². The third-order valence-electron chi connectivity index (χ3n) is 1.91. The Morgan fingerprint density at radius 2 is 2.33 bits per heavy atom. The first kappa shape index (κ1) is 6.68. The molecule has 1 aliphatic carbocycles. The SMILES string of the molecule is NC1CCC(CN=O)C1. The molecule has 0 spiro atoms. The summed E-state index contributed by atoms with van der Waals surface area (Å²) in [4.78, 5) is 9.78. The first-order valence-electron chi connectivity index (χ1n) is 3.37. The predicted octanol–water partition coefficient (Wildman–Crippen LogP) is 0.880. The van der Waals surface area contributed by atoms with Crippen LogP contribution >= 0.6 is 0 Å². The zero-order valence-corrected chi connectivity index (χ0v) is 5.42. The van der Waals surface area contributed by atoms with E-state index < -0.39 is 0 Å². The normalized spacial score (nSPS) is 34.8. The van der Waals surface area contributed by atoms with Gasteiger partial charge in [-0.15, -0.1) is 0 Å². The molecule has 2 atom stereocenters. The Bertz CT molecular complexity index is 105. The summed E-state index contributed by atoms with van der Waals surface area (Å²) in [5.41, 5.74) is 5.61. The Kier molecular flexibility index (Phi) is 2.16. The van der Waals surface area contributed by atoms with E-state index in [1.54, 1.807) is 0 Å². The van der Waals surface area contributed by atoms with Crippen LogP contribution < -0.4 is 5.73 Å². The summed E-state index contributed by atoms with van der Waals surface area (Å²) in [5, 5.41) is 2.85. The van der Waals surface area contributed by atoms with Crippen molar-refractivity contribution < 1.29 is 0 Å². The van der Waals surface area contributed by atoms with Gasteiger partial charge in [0, 0.05) is 6.04 Å². The van der Waals surface area contributed by atoms with Crippen molar-refractivity contribution in [2.24, 2.45) is 16.8 Å². The molecule has 1 saturated carbocycles. The summed E-state index contributed by atoms with van der Waals surface area (Å²) in [6.45, 7) is 0.466. The Morgan fingerprint density at radius 3 is 2.78 bits per heavy atom. The third kappa shape index (κ3) is 1.75. The number of hydrogen-bond donors (Lipinski definition) is 1. The summed E-state index contributed by atoms with van der Waals surface area (Å²) in [5.74, 6) is 0.484. The van der Waals surface area contributed by atoms with Gasteiger partial charge >= 0.3 is 0 Å². The Morgan fingerprint density at radius 1 is 1.56 bits per heavy atom. The van der Waals surface area contributed by atoms with Crippen LogP contribution in [0.3, 0.4) is 0 Å². The fourth-order valence-electron chi connectivity index (χ4n) is 1.38. The van der Waals surface area contributed by atoms with Gasteiger partial charge in [-0.1, -0.05) is 5.18 Å². The van der Waals surface area contributed by atoms with Crippen molar-refractivity contribution in [1.29, 1.82) is 0 Å². The van der Waals surface area contributed by atoms with Crippen molar-refractivity contribution in [2.45, 2.75) is 25.3 Å². The van der Waals surface area contributed by atoms with E-state index in [1.165, 1.54) is 0 Å². The van der Waals surface area contributed by atoms with Crippen molar-refractivity contribution in [3.05, 3.63) is 4.91 Å². The molecule has 1 aliphatic rings. The Labute approximate surface area is 54.6 Å². The zero-order chi connectivity index (χ0) is 6.69. The van der Waals surface area contributed by atoms with Crippen LogP contribution in [0.25, 0.3) is 0 Å². The maximum absolute atomic E-state index is 9.78. The first-order chi connectivity index (χ1) is 4.33. The molecule has 2 unspecified atom stereocenters. The van der Waals surface area contributed by atoms with Crippen LogP contribution in [0, 0.1) is 10.8 Å². The van der Waals surface area contributed by atoms with Gasteiger partial charge < -0.3 is 5.73 Å². The number of nitroso groups, excluding NO2 is 1. The minimum atomic E-state index is 0.330. The second kappa shape index (κ2) is 2.92. The number of nitrogens with two attached hydrogens (primary N) is 1. The van der Waals surface area contributed by atoms with Crippen LogP contribution in [0.1, 0.15) is 19.3 Å². The van der Waals surface area contributed by atoms with Crippen LogP contribution in [-0.4, -0.2) is 12.6 Å². The van der Waals surface area contributed by atoms with Crippen molar-refractivity contribution in [1.82, 2.24) is 0 Å². The van der Waals surface area contributed by atoms with Crippen LogP contribution in [0.4, 0.5) is 0 Å². The molecule has 0 aromatic carbocycles. The molecule has 9 heavy (non-hydrogen) atoms. The fraction of sp³-hybridized carbons (Fsp3) is 1.00. The summed E-state index contributed by atoms with van der Waals surface area (Å²) >= 11 is 0. The maximum Gasteiger partial charge on any atom is 0.0839 e. The number of rotatable bonds is 2. The van der Waals surface area contributed by atoms with E-state index in [0.717, 1.165) is 19.3 Å². The molecular formula is C6H12N2O. The van der Waals surface area contributed by atoms with Crippen LogP contribution in [0.5, 0.6) is 0 Å². The van der Waals surface area contributed by atoms with Gasteiger partial charge in [-0.25, -0.2) is 0 Å². The third-order valence-corrected chi connectivity index (χ3v) is 1.91. The van der Waals surface area contributed by atoms with Crippen molar-refractivity contribution >= 4 is 0 Å². The summed E-state index contributed by atoms with van der Waals surface area (Å²) in [6.07, 6.45) is 3.15. The smallest absolute Gasteiger partial charge is 0.0839 e. The highest BCUT2D eigenvalue weighted by Crippen LogP contribution is 2.23. The topological polar surface area (TPSA) is 55.4 Å². The highest BCUT2D eigenvalue weighted by molar-refractivity contribution is 4.78. The van der Waals surface area contributed by atoms with Gasteiger partial charge in [0.15, 0.2) is 0 Å². The van der Waals surface area contributed by atoms with Crippen LogP contribution in [0.15, 0.2) is 5.18 Å². The monoisotopic (exact) mass is 128 g/mol. The molecule has 3 nitrogen and oxygen atoms in total. The van der Waals surface area contributed by atoms with Gasteiger partial charge in [0.1, 0.15) is 0 Å². The van der Waals surface area contributed by atoms with E-state index in [2.05, 4.69) is 5.18 Å². The van der Waals surface area contributed by atoms with E-state index in [0.29, 0.717) is 18.5 Å². The molecule has 0 aromatic rings. The summed E-state index contributed by atoms with van der Waals surface area (Å²) in [6, 6.07) is 0.330. The molecule has 3 heteroatoms. The molecule has 2 N–H and O–H groups in total. The van der Waals surface area contributed by atoms with Gasteiger partial charge in [0.2, 0.25) is 0 Å². The average molecular weight is 128 g/mol. The predicted molar refractivity (Wildman–Crippen MR) is 36.0 cm³/mol. The average Bonchev–Trinajstić information content (AvgIpc) is 2.17. The Balaban J connectivity index is 2.21. The molecule has 0 saturated heterocycles. The number of nitrogens with zero attached hydrogens (tertiary/aromatic N) is 1. The van der Waals surface area contributed by atoms with Crippen molar-refractivity contribution in [3.63, 3.8) is 0 Å². The summed E-state index contributed by atoms with van der Waals surface area (Å²) in [7, 11) is 0. The lowest BCUT2D eigenvalue weighted by Gasteiger charge is -2.00. The minimum absolute atomic E-state index is 0.330. The van der Waals surface area contributed by atoms with E-state index >= 15 is 0 Å². The van der Waals surface area contributed by atoms with Gasteiger partial charge in [-0.3, -0.25) is 0 Å². The second-order valence-corrected chi connectivity index (χ2v) is 2.75. The zero-order valence-electron chi connectivity index (χ0n) is 5.42. The van der Waals surface area contributed by atoms with Crippen molar-refractivity contribution in [3.8, 4) is 0 Å². The minimum Gasteiger partial charge on any atom is -0.328 e. The quantitative estimate of drug-likeness (QED) is 0.561.